The van der Waals surface area contributed by atoms with Gasteiger partial charge in [0.2, 0.25) is 5.91 Å². The van der Waals surface area contributed by atoms with E-state index in [1.54, 1.807) is 0 Å². The number of carbonyl (C=O) groups excluding carboxylic acids is 1. The van der Waals surface area contributed by atoms with E-state index >= 15 is 0 Å². The quantitative estimate of drug-likeness (QED) is 0.794. The molecule has 0 radical (unpaired) electrons. The SMILES string of the molecule is O=C(Nc1ccncc1F)[C@@H]1CCCCN1. The molecule has 1 aliphatic heterocycles. The number of anilines is 1. The number of piperidine rings is 1. The van der Waals surface area contributed by atoms with Crippen molar-refractivity contribution in [3.8, 4) is 0 Å². The molecule has 1 aromatic rings. The molecule has 1 fully saturated rings. The minimum atomic E-state index is -0.508. The van der Waals surface area contributed by atoms with Crippen molar-refractivity contribution in [1.29, 1.82) is 0 Å². The van der Waals surface area contributed by atoms with Crippen LogP contribution in [0.2, 0.25) is 0 Å². The summed E-state index contributed by atoms with van der Waals surface area (Å²) < 4.78 is 13.2. The number of amides is 1. The summed E-state index contributed by atoms with van der Waals surface area (Å²) in [5.74, 6) is -0.684. The van der Waals surface area contributed by atoms with E-state index in [4.69, 9.17) is 0 Å². The first-order valence-electron chi connectivity index (χ1n) is 5.41. The maximum Gasteiger partial charge on any atom is 0.241 e. The zero-order valence-electron chi connectivity index (χ0n) is 8.87. The molecule has 1 saturated heterocycles. The zero-order chi connectivity index (χ0) is 11.4. The summed E-state index contributed by atoms with van der Waals surface area (Å²) in [7, 11) is 0. The number of rotatable bonds is 2. The van der Waals surface area contributed by atoms with Crippen LogP contribution in [0.15, 0.2) is 18.5 Å². The lowest BCUT2D eigenvalue weighted by Crippen LogP contribution is -2.43. The molecular formula is C11H14FN3O. The van der Waals surface area contributed by atoms with Gasteiger partial charge in [0.05, 0.1) is 17.9 Å². The number of nitrogens with zero attached hydrogens (tertiary/aromatic N) is 1. The number of carbonyl (C=O) groups is 1. The summed E-state index contributed by atoms with van der Waals surface area (Å²) in [6.45, 7) is 0.844. The topological polar surface area (TPSA) is 54.0 Å². The Morgan fingerprint density at radius 3 is 3.12 bits per heavy atom. The van der Waals surface area contributed by atoms with Crippen molar-refractivity contribution in [2.45, 2.75) is 25.3 Å². The van der Waals surface area contributed by atoms with Crippen LogP contribution in [0.3, 0.4) is 0 Å². The van der Waals surface area contributed by atoms with Crippen molar-refractivity contribution >= 4 is 11.6 Å². The highest BCUT2D eigenvalue weighted by atomic mass is 19.1. The Hall–Kier alpha value is -1.49. The van der Waals surface area contributed by atoms with E-state index in [1.807, 2.05) is 0 Å². The Bertz CT molecular complexity index is 377. The second-order valence-corrected chi connectivity index (χ2v) is 3.85. The van der Waals surface area contributed by atoms with Gasteiger partial charge in [-0.15, -0.1) is 0 Å². The van der Waals surface area contributed by atoms with Gasteiger partial charge in [-0.25, -0.2) is 4.39 Å². The summed E-state index contributed by atoms with van der Waals surface area (Å²) >= 11 is 0. The van der Waals surface area contributed by atoms with Gasteiger partial charge < -0.3 is 10.6 Å². The van der Waals surface area contributed by atoms with Crippen molar-refractivity contribution in [2.75, 3.05) is 11.9 Å². The number of nitrogens with one attached hydrogen (secondary N) is 2. The second-order valence-electron chi connectivity index (χ2n) is 3.85. The number of halogens is 1. The predicted molar refractivity (Wildman–Crippen MR) is 58.5 cm³/mol. The van der Waals surface area contributed by atoms with E-state index in [0.717, 1.165) is 32.0 Å². The van der Waals surface area contributed by atoms with Crippen LogP contribution in [0.1, 0.15) is 19.3 Å². The van der Waals surface area contributed by atoms with Crippen molar-refractivity contribution in [1.82, 2.24) is 10.3 Å². The maximum absolute atomic E-state index is 13.2. The van der Waals surface area contributed by atoms with Crippen LogP contribution in [0.4, 0.5) is 10.1 Å². The first-order chi connectivity index (χ1) is 7.77. The fraction of sp³-hybridized carbons (Fsp3) is 0.455. The summed E-state index contributed by atoms with van der Waals surface area (Å²) in [5, 5.41) is 5.67. The lowest BCUT2D eigenvalue weighted by molar-refractivity contribution is -0.118. The predicted octanol–water partition coefficient (Wildman–Crippen LogP) is 1.30. The minimum Gasteiger partial charge on any atom is -0.322 e. The normalized spacial score (nSPS) is 20.4. The van der Waals surface area contributed by atoms with E-state index in [-0.39, 0.29) is 17.6 Å². The molecule has 1 aliphatic rings. The fourth-order valence-corrected chi connectivity index (χ4v) is 1.77. The first kappa shape index (κ1) is 11.0. The van der Waals surface area contributed by atoms with E-state index in [0.29, 0.717) is 0 Å². The van der Waals surface area contributed by atoms with Gasteiger partial charge in [0.25, 0.3) is 0 Å². The highest BCUT2D eigenvalue weighted by Crippen LogP contribution is 2.13. The molecular weight excluding hydrogens is 209 g/mol. The Morgan fingerprint density at radius 1 is 1.56 bits per heavy atom. The molecule has 2 N–H and O–H groups in total. The van der Waals surface area contributed by atoms with Crippen LogP contribution in [0, 0.1) is 5.82 Å². The van der Waals surface area contributed by atoms with Gasteiger partial charge in [-0.2, -0.15) is 0 Å². The average molecular weight is 223 g/mol. The average Bonchev–Trinajstić information content (AvgIpc) is 2.33. The molecule has 0 saturated carbocycles. The third-order valence-electron chi connectivity index (χ3n) is 2.66. The second kappa shape index (κ2) is 5.03. The summed E-state index contributed by atoms with van der Waals surface area (Å²) in [5.41, 5.74) is 0.187. The summed E-state index contributed by atoms with van der Waals surface area (Å²) in [6, 6.07) is 1.25. The highest BCUT2D eigenvalue weighted by Gasteiger charge is 2.21. The Balaban J connectivity index is 1.99. The van der Waals surface area contributed by atoms with Crippen LogP contribution in [0.5, 0.6) is 0 Å². The van der Waals surface area contributed by atoms with E-state index < -0.39 is 5.82 Å². The van der Waals surface area contributed by atoms with Crippen molar-refractivity contribution in [3.05, 3.63) is 24.3 Å². The van der Waals surface area contributed by atoms with Gasteiger partial charge in [-0.05, 0) is 25.5 Å². The Morgan fingerprint density at radius 2 is 2.44 bits per heavy atom. The summed E-state index contributed by atoms with van der Waals surface area (Å²) in [6.07, 6.45) is 5.47. The van der Waals surface area contributed by atoms with Crippen LogP contribution in [-0.2, 0) is 4.79 Å². The van der Waals surface area contributed by atoms with Gasteiger partial charge in [-0.1, -0.05) is 6.42 Å². The van der Waals surface area contributed by atoms with Crippen molar-refractivity contribution in [3.63, 3.8) is 0 Å². The van der Waals surface area contributed by atoms with Gasteiger partial charge in [0.1, 0.15) is 0 Å². The number of pyridine rings is 1. The van der Waals surface area contributed by atoms with Crippen molar-refractivity contribution < 1.29 is 9.18 Å². The molecule has 5 heteroatoms. The molecule has 1 amide bonds. The molecule has 16 heavy (non-hydrogen) atoms. The zero-order valence-corrected chi connectivity index (χ0v) is 8.87. The first-order valence-corrected chi connectivity index (χ1v) is 5.41. The highest BCUT2D eigenvalue weighted by molar-refractivity contribution is 5.94. The molecule has 0 aromatic carbocycles. The molecule has 86 valence electrons. The number of aromatic nitrogens is 1. The monoisotopic (exact) mass is 223 g/mol. The smallest absolute Gasteiger partial charge is 0.241 e. The van der Waals surface area contributed by atoms with Crippen molar-refractivity contribution in [2.24, 2.45) is 0 Å². The third kappa shape index (κ3) is 2.55. The molecule has 2 heterocycles. The van der Waals surface area contributed by atoms with Gasteiger partial charge in [-0.3, -0.25) is 9.78 Å². The van der Waals surface area contributed by atoms with E-state index in [1.165, 1.54) is 12.3 Å². The number of hydrogen-bond donors (Lipinski definition) is 2. The lowest BCUT2D eigenvalue weighted by atomic mass is 10.0. The fourth-order valence-electron chi connectivity index (χ4n) is 1.77. The molecule has 4 nitrogen and oxygen atoms in total. The standard InChI is InChI=1S/C11H14FN3O/c12-8-7-13-6-4-9(8)15-11(16)10-3-1-2-5-14-10/h4,6-7,10,14H,1-3,5H2,(H,13,15,16)/t10-/m0/s1. The molecule has 0 bridgehead atoms. The molecule has 0 unspecified atom stereocenters. The molecule has 2 rings (SSSR count). The Kier molecular flexibility index (Phi) is 3.46. The van der Waals surface area contributed by atoms with Crippen LogP contribution < -0.4 is 10.6 Å². The van der Waals surface area contributed by atoms with Crippen LogP contribution >= 0.6 is 0 Å². The minimum absolute atomic E-state index is 0.176. The molecule has 1 atom stereocenters. The molecule has 1 aromatic heterocycles. The molecule has 0 spiro atoms. The van der Waals surface area contributed by atoms with Crippen LogP contribution in [-0.4, -0.2) is 23.5 Å². The van der Waals surface area contributed by atoms with Gasteiger partial charge in [0.15, 0.2) is 5.82 Å². The van der Waals surface area contributed by atoms with Gasteiger partial charge >= 0.3 is 0 Å². The maximum atomic E-state index is 13.2. The third-order valence-corrected chi connectivity index (χ3v) is 2.66. The van der Waals surface area contributed by atoms with Crippen LogP contribution in [0.25, 0.3) is 0 Å². The lowest BCUT2D eigenvalue weighted by Gasteiger charge is -2.22. The van der Waals surface area contributed by atoms with E-state index in [9.17, 15) is 9.18 Å². The van der Waals surface area contributed by atoms with E-state index in [2.05, 4.69) is 15.6 Å². The largest absolute Gasteiger partial charge is 0.322 e. The molecule has 0 aliphatic carbocycles. The Labute approximate surface area is 93.3 Å². The summed E-state index contributed by atoms with van der Waals surface area (Å²) in [4.78, 5) is 15.4. The van der Waals surface area contributed by atoms with Gasteiger partial charge in [0, 0.05) is 6.20 Å². The number of hydrogen-bond acceptors (Lipinski definition) is 3.